The summed E-state index contributed by atoms with van der Waals surface area (Å²) in [6, 6.07) is 28.5. The maximum Gasteiger partial charge on any atom is 0.350 e. The first kappa shape index (κ1) is 62.0. The van der Waals surface area contributed by atoms with E-state index in [0.717, 1.165) is 54.6 Å². The predicted molar refractivity (Wildman–Crippen MR) is 315 cm³/mol. The lowest BCUT2D eigenvalue weighted by Gasteiger charge is -2.33. The van der Waals surface area contributed by atoms with Crippen LogP contribution in [-0.2, 0) is 9.84 Å². The molecule has 13 rings (SSSR count). The van der Waals surface area contributed by atoms with Gasteiger partial charge in [0.1, 0.15) is 28.7 Å². The van der Waals surface area contributed by atoms with Gasteiger partial charge >= 0.3 is 5.37 Å². The summed E-state index contributed by atoms with van der Waals surface area (Å²) >= 11 is 0. The summed E-state index contributed by atoms with van der Waals surface area (Å²) in [7, 11) is -3.81. The molecular weight excluding hydrogens is 1150 g/mol. The summed E-state index contributed by atoms with van der Waals surface area (Å²) in [5, 5.41) is 38.9. The monoisotopic (exact) mass is 1200 g/mol. The van der Waals surface area contributed by atoms with E-state index in [1.807, 2.05) is 23.6 Å². The maximum absolute atomic E-state index is 13.4. The fraction of sp³-hybridized carbons (Fsp3) is 0.237. The fourth-order valence-corrected chi connectivity index (χ4v) is 10.3. The first-order valence-corrected chi connectivity index (χ1v) is 27.7. The van der Waals surface area contributed by atoms with Crippen LogP contribution < -0.4 is 5.73 Å². The molecule has 0 radical (unpaired) electrons. The molecule has 1 atom stereocenters. The number of fused-ring (bicyclic) bond motifs is 3. The molecule has 0 aliphatic heterocycles. The van der Waals surface area contributed by atoms with Crippen LogP contribution in [0, 0.1) is 44.8 Å². The Morgan fingerprint density at radius 2 is 1.13 bits per heavy atom. The molecule has 436 valence electrons. The van der Waals surface area contributed by atoms with Gasteiger partial charge in [-0.1, -0.05) is 52.7 Å². The molecule has 7 aromatic heterocycles. The van der Waals surface area contributed by atoms with Crippen LogP contribution in [0.15, 0.2) is 144 Å². The van der Waals surface area contributed by atoms with Gasteiger partial charge in [-0.3, -0.25) is 14.6 Å². The molecule has 5 N–H and O–H groups in total. The summed E-state index contributed by atoms with van der Waals surface area (Å²) in [6.07, 6.45) is 12.2. The number of sulfone groups is 1. The van der Waals surface area contributed by atoms with E-state index in [1.165, 1.54) is 68.5 Å². The number of aliphatic hydroxyl groups excluding tert-OH is 3. The molecule has 0 saturated heterocycles. The summed E-state index contributed by atoms with van der Waals surface area (Å²) < 4.78 is 57.5. The Hall–Kier alpha value is -10.0. The number of hydrogen-bond donors (Lipinski definition) is 4. The average Bonchev–Trinajstić information content (AvgIpc) is 2.13. The largest absolute Gasteiger partial charge is 0.393 e. The van der Waals surface area contributed by atoms with Crippen molar-refractivity contribution in [3.8, 4) is 22.6 Å². The van der Waals surface area contributed by atoms with Gasteiger partial charge in [-0.25, -0.2) is 43.7 Å². The Labute approximate surface area is 497 Å². The molecule has 0 spiro atoms. The van der Waals surface area contributed by atoms with Crippen LogP contribution in [0.4, 0.5) is 26.2 Å². The van der Waals surface area contributed by atoms with Crippen molar-refractivity contribution in [2.75, 3.05) is 0 Å². The number of halogens is 3. The Bertz CT molecular complexity index is 4330. The van der Waals surface area contributed by atoms with Crippen molar-refractivity contribution in [1.29, 1.82) is 0 Å². The van der Waals surface area contributed by atoms with Gasteiger partial charge in [-0.05, 0) is 124 Å². The number of aromatic nitrogens is 11. The summed E-state index contributed by atoms with van der Waals surface area (Å²) in [5.41, 5.74) is 12.1. The van der Waals surface area contributed by atoms with Crippen molar-refractivity contribution in [2.45, 2.75) is 92.2 Å². The van der Waals surface area contributed by atoms with Crippen molar-refractivity contribution in [3.63, 3.8) is 0 Å². The van der Waals surface area contributed by atoms with Crippen molar-refractivity contribution in [1.82, 2.24) is 53.3 Å². The topological polar surface area (TPSA) is 276 Å². The van der Waals surface area contributed by atoms with E-state index in [0.29, 0.717) is 76.6 Å². The Morgan fingerprint density at radius 3 is 1.60 bits per heavy atom. The normalized spacial score (nSPS) is 18.5. The number of aliphatic hydroxyl groups is 3. The molecule has 0 amide bonds. The lowest BCUT2D eigenvalue weighted by Crippen LogP contribution is -2.39. The minimum atomic E-state index is -3.81. The first-order chi connectivity index (χ1) is 41.0. The van der Waals surface area contributed by atoms with E-state index in [9.17, 15) is 27.1 Å². The third-order valence-electron chi connectivity index (χ3n) is 13.7. The van der Waals surface area contributed by atoms with Crippen LogP contribution in [0.2, 0.25) is 0 Å². The van der Waals surface area contributed by atoms with Gasteiger partial charge in [0.2, 0.25) is 16.9 Å². The van der Waals surface area contributed by atoms with Crippen molar-refractivity contribution >= 4 is 69.1 Å². The highest BCUT2D eigenvalue weighted by atomic mass is 35.5. The van der Waals surface area contributed by atoms with Crippen molar-refractivity contribution in [2.24, 2.45) is 10.7 Å². The average molecular weight is 1200 g/mol. The number of nitrogens with zero attached hydrogens (tertiary/aromatic N) is 16. The second-order valence-electron chi connectivity index (χ2n) is 19.8. The quantitative estimate of drug-likeness (QED) is 0.0595. The summed E-state index contributed by atoms with van der Waals surface area (Å²) in [4.78, 5) is 44.8. The van der Waals surface area contributed by atoms with E-state index in [2.05, 4.69) is 59.6 Å². The summed E-state index contributed by atoms with van der Waals surface area (Å²) in [6.45, 7) is 30.1. The van der Waals surface area contributed by atoms with Gasteiger partial charge in [-0.15, -0.1) is 26.0 Å². The number of aryl methyl sites for hydroxylation is 1. The van der Waals surface area contributed by atoms with Crippen LogP contribution in [-0.4, -0.2) is 120 Å². The van der Waals surface area contributed by atoms with Gasteiger partial charge in [0, 0.05) is 35.8 Å². The second kappa shape index (κ2) is 27.6. The number of imidazole rings is 4. The SMILES string of the molecule is Cl.NC1CC(O)C1.[C-]#[N+]C(c1ccc(F)cc1)S(=O)(=O)c1ccc(C)cc1.[C-]#[N+]c1cnc2ccc(-c3c(-c4ccc(F)cc4)ncn3C3CC(O)C3)nn12.[C-]#[N+]c1cnc2ccc(C=NC3CC(O)C3)nn12.[C-]#[N+]c1cnc2ccc(C=O)nn12. The lowest BCUT2D eigenvalue weighted by atomic mass is 9.89. The number of aliphatic imine (C=N–C) groups is 1. The third kappa shape index (κ3) is 14.3. The van der Waals surface area contributed by atoms with Crippen LogP contribution in [0.25, 0.3) is 59.0 Å². The molecule has 1 unspecified atom stereocenters. The highest BCUT2D eigenvalue weighted by Crippen LogP contribution is 2.40. The molecular formula is C59H52ClF2N17O6S. The molecule has 0 bridgehead atoms. The fourth-order valence-electron chi connectivity index (χ4n) is 8.90. The predicted octanol–water partition coefficient (Wildman–Crippen LogP) is 9.38. The third-order valence-corrected chi connectivity index (χ3v) is 15.6. The maximum atomic E-state index is 13.4. The molecule has 27 heteroatoms. The zero-order valence-electron chi connectivity index (χ0n) is 45.5. The van der Waals surface area contributed by atoms with Crippen molar-refractivity contribution in [3.05, 3.63) is 214 Å². The van der Waals surface area contributed by atoms with Crippen LogP contribution >= 0.6 is 12.4 Å². The number of aldehydes is 1. The van der Waals surface area contributed by atoms with Gasteiger partial charge < -0.3 is 40.2 Å². The molecule has 10 aromatic rings. The van der Waals surface area contributed by atoms with Crippen LogP contribution in [0.3, 0.4) is 0 Å². The van der Waals surface area contributed by atoms with E-state index in [-0.39, 0.29) is 64.8 Å². The van der Waals surface area contributed by atoms with Crippen molar-refractivity contribution < 1.29 is 37.3 Å². The van der Waals surface area contributed by atoms with Gasteiger partial charge in [-0.2, -0.15) is 0 Å². The second-order valence-corrected chi connectivity index (χ2v) is 21.8. The van der Waals surface area contributed by atoms with E-state index in [1.54, 1.807) is 61.1 Å². The Balaban J connectivity index is 0.000000148. The molecule has 3 fully saturated rings. The number of hydrogen-bond acceptors (Lipinski definition) is 15. The number of rotatable bonds is 9. The van der Waals surface area contributed by atoms with Crippen LogP contribution in [0.5, 0.6) is 0 Å². The highest BCUT2D eigenvalue weighted by Gasteiger charge is 2.35. The Kier molecular flexibility index (Phi) is 19.9. The number of carbonyl (C=O) groups excluding carboxylic acids is 1. The molecule has 23 nitrogen and oxygen atoms in total. The lowest BCUT2D eigenvalue weighted by molar-refractivity contribution is 0.0491. The number of nitrogens with two attached hydrogens (primary N) is 1. The van der Waals surface area contributed by atoms with E-state index < -0.39 is 21.0 Å². The first-order valence-electron chi connectivity index (χ1n) is 26.2. The standard InChI is InChI=1S/C20H15FN6O.C15H12FNO2S.C12H11N5O.C8H4N4O.C4H9NO.ClH/c1-22-18-10-23-17-7-6-16(25-27(17)18)20-19(12-2-4-13(21)5-3-12)24-11-26(20)14-8-15(28)9-14;1-11-3-9-14(10-4-11)20(18,19)15(17-2)12-5-7-13(16)8-6-12;1-13-12-7-15-11-3-2-8(16-17(11)12)6-14-9-4-10(18)5-9;1-9-8-4-10-7-3-2-6(5-13)11-12(7)8;5-3-1-4(6)2-3;/h2-7,10-11,14-15,28H,8-9H2;3-10,15H,1H3;2-3,6-7,9-10,18H,4-5H2;2-5H;3-4,6H,1-2,5H2;1H. The minimum Gasteiger partial charge on any atom is -0.393 e. The smallest absolute Gasteiger partial charge is 0.350 e. The minimum absolute atomic E-state index is 0. The molecule has 3 aliphatic rings. The van der Waals surface area contributed by atoms with E-state index >= 15 is 0 Å². The van der Waals surface area contributed by atoms with E-state index in [4.69, 9.17) is 42.2 Å². The zero-order valence-corrected chi connectivity index (χ0v) is 47.1. The molecule has 7 heterocycles. The zero-order chi connectivity index (χ0) is 60.4. The number of benzene rings is 3. The molecule has 86 heavy (non-hydrogen) atoms. The summed E-state index contributed by atoms with van der Waals surface area (Å²) in [5.74, 6) is 0.236. The van der Waals surface area contributed by atoms with Crippen LogP contribution in [0.1, 0.15) is 77.2 Å². The Morgan fingerprint density at radius 1 is 0.640 bits per heavy atom. The van der Waals surface area contributed by atoms with Gasteiger partial charge in [0.25, 0.3) is 27.3 Å². The molecule has 3 aliphatic carbocycles. The van der Waals surface area contributed by atoms with Gasteiger partial charge in [0.05, 0.1) is 77.3 Å². The van der Waals surface area contributed by atoms with Gasteiger partial charge in [0.15, 0.2) is 6.29 Å². The molecule has 3 aromatic carbocycles. The molecule has 3 saturated carbocycles. The highest BCUT2D eigenvalue weighted by molar-refractivity contribution is 7.91. The number of carbonyl (C=O) groups is 1.